The molecule has 0 aliphatic heterocycles. The second-order valence-electron chi connectivity index (χ2n) is 4.29. The first kappa shape index (κ1) is 13.2. The molecule has 98 valence electrons. The lowest BCUT2D eigenvalue weighted by Crippen LogP contribution is -1.91. The van der Waals surface area contributed by atoms with Gasteiger partial charge in [0.15, 0.2) is 0 Å². The predicted molar refractivity (Wildman–Crippen MR) is 73.9 cm³/mol. The molecule has 1 heterocycles. The van der Waals surface area contributed by atoms with E-state index in [4.69, 9.17) is 10.00 Å². The first-order valence-corrected chi connectivity index (χ1v) is 6.36. The molecule has 0 unspecified atom stereocenters. The molecule has 0 radical (unpaired) electrons. The van der Waals surface area contributed by atoms with Gasteiger partial charge >= 0.3 is 0 Å². The third-order valence-electron chi connectivity index (χ3n) is 3.06. The number of aryl methyl sites for hydroxylation is 2. The zero-order chi connectivity index (χ0) is 13.7. The highest BCUT2D eigenvalue weighted by atomic mass is 16.5. The van der Waals surface area contributed by atoms with Crippen molar-refractivity contribution in [2.24, 2.45) is 0 Å². The molecule has 0 fully saturated rings. The van der Waals surface area contributed by atoms with Crippen LogP contribution in [0.25, 0.3) is 11.3 Å². The number of methoxy groups -OCH3 is 1. The van der Waals surface area contributed by atoms with E-state index >= 15 is 0 Å². The van der Waals surface area contributed by atoms with Gasteiger partial charge in [-0.2, -0.15) is 5.26 Å². The lowest BCUT2D eigenvalue weighted by atomic mass is 10.1. The van der Waals surface area contributed by atoms with Crippen LogP contribution in [0.3, 0.4) is 0 Å². The highest BCUT2D eigenvalue weighted by Gasteiger charge is 2.09. The standard InChI is InChI=1S/C15H17N3O/c1-3-11-6-7-14(19-2)12(9-11)13-10-17-15(18-13)5-4-8-16/h6-7,9-10H,3-5H2,1-2H3,(H,17,18). The van der Waals surface area contributed by atoms with Crippen LogP contribution in [-0.4, -0.2) is 17.1 Å². The van der Waals surface area contributed by atoms with Crippen molar-refractivity contribution in [3.05, 3.63) is 35.8 Å². The van der Waals surface area contributed by atoms with Crippen LogP contribution >= 0.6 is 0 Å². The van der Waals surface area contributed by atoms with Gasteiger partial charge in [0.1, 0.15) is 11.6 Å². The van der Waals surface area contributed by atoms with Gasteiger partial charge in [-0.05, 0) is 24.1 Å². The maximum atomic E-state index is 8.59. The molecule has 0 spiro atoms. The molecule has 2 rings (SSSR count). The maximum absolute atomic E-state index is 8.59. The fourth-order valence-corrected chi connectivity index (χ4v) is 1.99. The normalized spacial score (nSPS) is 10.2. The van der Waals surface area contributed by atoms with E-state index < -0.39 is 0 Å². The van der Waals surface area contributed by atoms with Gasteiger partial charge in [-0.3, -0.25) is 0 Å². The van der Waals surface area contributed by atoms with Gasteiger partial charge in [-0.15, -0.1) is 0 Å². The largest absolute Gasteiger partial charge is 0.496 e. The molecular formula is C15H17N3O. The number of imidazole rings is 1. The first-order chi connectivity index (χ1) is 9.28. The summed E-state index contributed by atoms with van der Waals surface area (Å²) < 4.78 is 5.39. The Morgan fingerprint density at radius 2 is 2.26 bits per heavy atom. The monoisotopic (exact) mass is 255 g/mol. The molecule has 1 aromatic heterocycles. The Kier molecular flexibility index (Phi) is 4.19. The second kappa shape index (κ2) is 6.05. The van der Waals surface area contributed by atoms with Crippen molar-refractivity contribution >= 4 is 0 Å². The van der Waals surface area contributed by atoms with E-state index in [1.54, 1.807) is 13.3 Å². The molecule has 0 amide bonds. The summed E-state index contributed by atoms with van der Waals surface area (Å²) in [5.41, 5.74) is 3.20. The number of benzene rings is 1. The average Bonchev–Trinajstić information content (AvgIpc) is 2.93. The molecule has 0 atom stereocenters. The molecule has 0 saturated carbocycles. The Morgan fingerprint density at radius 3 is 2.95 bits per heavy atom. The van der Waals surface area contributed by atoms with Gasteiger partial charge in [0.2, 0.25) is 0 Å². The Balaban J connectivity index is 2.34. The zero-order valence-corrected chi connectivity index (χ0v) is 11.2. The van der Waals surface area contributed by atoms with E-state index in [1.165, 1.54) is 5.56 Å². The number of nitrogens with one attached hydrogen (secondary N) is 1. The molecule has 2 aromatic rings. The van der Waals surface area contributed by atoms with Crippen molar-refractivity contribution in [1.82, 2.24) is 9.97 Å². The molecule has 0 aliphatic rings. The van der Waals surface area contributed by atoms with E-state index in [1.807, 2.05) is 6.07 Å². The molecular weight excluding hydrogens is 238 g/mol. The summed E-state index contributed by atoms with van der Waals surface area (Å²) in [5, 5.41) is 8.59. The predicted octanol–water partition coefficient (Wildman–Crippen LogP) is 3.10. The van der Waals surface area contributed by atoms with E-state index in [2.05, 4.69) is 35.1 Å². The summed E-state index contributed by atoms with van der Waals surface area (Å²) in [6.07, 6.45) is 3.89. The Labute approximate surface area is 113 Å². The fourth-order valence-electron chi connectivity index (χ4n) is 1.99. The van der Waals surface area contributed by atoms with Gasteiger partial charge < -0.3 is 9.72 Å². The van der Waals surface area contributed by atoms with Gasteiger partial charge in [-0.25, -0.2) is 4.98 Å². The molecule has 1 aromatic carbocycles. The van der Waals surface area contributed by atoms with Crippen LogP contribution in [-0.2, 0) is 12.8 Å². The van der Waals surface area contributed by atoms with Gasteiger partial charge in [-0.1, -0.05) is 13.0 Å². The van der Waals surface area contributed by atoms with Gasteiger partial charge in [0.25, 0.3) is 0 Å². The number of aromatic amines is 1. The van der Waals surface area contributed by atoms with Crippen LogP contribution in [0.15, 0.2) is 24.4 Å². The number of hydrogen-bond acceptors (Lipinski definition) is 3. The van der Waals surface area contributed by atoms with Gasteiger partial charge in [0, 0.05) is 18.4 Å². The molecule has 4 nitrogen and oxygen atoms in total. The molecule has 0 bridgehead atoms. The highest BCUT2D eigenvalue weighted by molar-refractivity contribution is 5.67. The van der Waals surface area contributed by atoms with Crippen LogP contribution < -0.4 is 4.74 Å². The van der Waals surface area contributed by atoms with E-state index in [0.29, 0.717) is 12.8 Å². The smallest absolute Gasteiger partial charge is 0.128 e. The molecule has 1 N–H and O–H groups in total. The summed E-state index contributed by atoms with van der Waals surface area (Å²) in [6, 6.07) is 8.27. The number of hydrogen-bond donors (Lipinski definition) is 1. The number of nitriles is 1. The molecule has 19 heavy (non-hydrogen) atoms. The van der Waals surface area contributed by atoms with Crippen molar-refractivity contribution in [2.45, 2.75) is 26.2 Å². The van der Waals surface area contributed by atoms with Crippen molar-refractivity contribution in [3.8, 4) is 23.1 Å². The summed E-state index contributed by atoms with van der Waals surface area (Å²) in [7, 11) is 1.66. The third kappa shape index (κ3) is 2.94. The molecule has 4 heteroatoms. The minimum absolute atomic E-state index is 0.471. The van der Waals surface area contributed by atoms with Crippen LogP contribution in [0.2, 0.25) is 0 Å². The van der Waals surface area contributed by atoms with Crippen molar-refractivity contribution in [3.63, 3.8) is 0 Å². The maximum Gasteiger partial charge on any atom is 0.128 e. The molecule has 0 aliphatic carbocycles. The van der Waals surface area contributed by atoms with Crippen LogP contribution in [0, 0.1) is 11.3 Å². The average molecular weight is 255 g/mol. The molecule has 0 saturated heterocycles. The van der Waals surface area contributed by atoms with E-state index in [9.17, 15) is 0 Å². The van der Waals surface area contributed by atoms with E-state index in [0.717, 1.165) is 29.3 Å². The number of rotatable bonds is 5. The zero-order valence-electron chi connectivity index (χ0n) is 11.2. The van der Waals surface area contributed by atoms with Crippen molar-refractivity contribution in [2.75, 3.05) is 7.11 Å². The number of ether oxygens (including phenoxy) is 1. The highest BCUT2D eigenvalue weighted by Crippen LogP contribution is 2.30. The minimum atomic E-state index is 0.471. The van der Waals surface area contributed by atoms with Crippen LogP contribution in [0.1, 0.15) is 24.7 Å². The Hall–Kier alpha value is -2.28. The first-order valence-electron chi connectivity index (χ1n) is 6.36. The van der Waals surface area contributed by atoms with Gasteiger partial charge in [0.05, 0.1) is 25.1 Å². The van der Waals surface area contributed by atoms with E-state index in [-0.39, 0.29) is 0 Å². The number of nitrogens with zero attached hydrogens (tertiary/aromatic N) is 2. The quantitative estimate of drug-likeness (QED) is 0.893. The van der Waals surface area contributed by atoms with Crippen molar-refractivity contribution in [1.29, 1.82) is 5.26 Å². The number of aromatic nitrogens is 2. The summed E-state index contributed by atoms with van der Waals surface area (Å²) >= 11 is 0. The number of H-pyrrole nitrogens is 1. The Morgan fingerprint density at radius 1 is 1.42 bits per heavy atom. The van der Waals surface area contributed by atoms with Crippen LogP contribution in [0.5, 0.6) is 5.75 Å². The third-order valence-corrected chi connectivity index (χ3v) is 3.06. The summed E-state index contributed by atoms with van der Waals surface area (Å²) in [4.78, 5) is 7.55. The lowest BCUT2D eigenvalue weighted by molar-refractivity contribution is 0.416. The fraction of sp³-hybridized carbons (Fsp3) is 0.333. The summed E-state index contributed by atoms with van der Waals surface area (Å²) in [6.45, 7) is 2.12. The minimum Gasteiger partial charge on any atom is -0.496 e. The lowest BCUT2D eigenvalue weighted by Gasteiger charge is -2.08. The second-order valence-corrected chi connectivity index (χ2v) is 4.29. The Bertz CT molecular complexity index is 596. The summed E-state index contributed by atoms with van der Waals surface area (Å²) in [5.74, 6) is 1.66. The SMILES string of the molecule is CCc1ccc(OC)c(-c2cnc(CCC#N)[nH]2)c1. The van der Waals surface area contributed by atoms with Crippen molar-refractivity contribution < 1.29 is 4.74 Å². The van der Waals surface area contributed by atoms with Crippen LogP contribution in [0.4, 0.5) is 0 Å². The topological polar surface area (TPSA) is 61.7 Å².